The molecule has 0 aliphatic carbocycles. The first-order valence-electron chi connectivity index (χ1n) is 6.50. The van der Waals surface area contributed by atoms with E-state index in [1.54, 1.807) is 0 Å². The predicted molar refractivity (Wildman–Crippen MR) is 76.3 cm³/mol. The highest BCUT2D eigenvalue weighted by Crippen LogP contribution is 2.24. The van der Waals surface area contributed by atoms with Crippen LogP contribution < -0.4 is 5.73 Å². The van der Waals surface area contributed by atoms with Gasteiger partial charge in [0.1, 0.15) is 5.82 Å². The van der Waals surface area contributed by atoms with E-state index in [0.29, 0.717) is 13.1 Å². The summed E-state index contributed by atoms with van der Waals surface area (Å²) in [7, 11) is -1.71. The monoisotopic (exact) mass is 301 g/mol. The number of anilines is 1. The minimum absolute atomic E-state index is 0.0480. The van der Waals surface area contributed by atoms with Crippen LogP contribution in [-0.4, -0.2) is 49.8 Å². The van der Waals surface area contributed by atoms with Crippen LogP contribution >= 0.6 is 0 Å². The Morgan fingerprint density at radius 1 is 1.25 bits per heavy atom. The second-order valence-electron chi connectivity index (χ2n) is 5.37. The van der Waals surface area contributed by atoms with Crippen molar-refractivity contribution in [1.82, 2.24) is 9.21 Å². The van der Waals surface area contributed by atoms with Gasteiger partial charge in [-0.3, -0.25) is 4.90 Å². The molecule has 2 N–H and O–H groups in total. The molecule has 7 heteroatoms. The van der Waals surface area contributed by atoms with E-state index in [0.717, 1.165) is 6.07 Å². The lowest BCUT2D eigenvalue weighted by atomic mass is 10.1. The summed E-state index contributed by atoms with van der Waals surface area (Å²) in [4.78, 5) is 2.09. The van der Waals surface area contributed by atoms with Gasteiger partial charge in [0.25, 0.3) is 0 Å². The number of hydrogen-bond donors (Lipinski definition) is 1. The third-order valence-corrected chi connectivity index (χ3v) is 5.76. The maximum atomic E-state index is 13.5. The summed E-state index contributed by atoms with van der Waals surface area (Å²) in [5, 5.41) is 0. The summed E-state index contributed by atoms with van der Waals surface area (Å²) in [5.41, 5.74) is 5.33. The van der Waals surface area contributed by atoms with Crippen LogP contribution in [0.25, 0.3) is 0 Å². The number of nitrogen functional groups attached to an aromatic ring is 1. The molecule has 1 aromatic carbocycles. The summed E-state index contributed by atoms with van der Waals surface area (Å²) in [6.45, 7) is 4.74. The Labute approximate surface area is 119 Å². The molecule has 2 rings (SSSR count). The largest absolute Gasteiger partial charge is 0.396 e. The lowest BCUT2D eigenvalue weighted by Gasteiger charge is -2.41. The Morgan fingerprint density at radius 2 is 1.80 bits per heavy atom. The molecule has 0 aromatic heterocycles. The van der Waals surface area contributed by atoms with Crippen molar-refractivity contribution in [2.45, 2.75) is 30.8 Å². The maximum Gasteiger partial charge on any atom is 0.243 e. The van der Waals surface area contributed by atoms with Crippen molar-refractivity contribution in [1.29, 1.82) is 0 Å². The number of halogens is 1. The summed E-state index contributed by atoms with van der Waals surface area (Å²) in [6.07, 6.45) is 0. The molecule has 2 unspecified atom stereocenters. The molecule has 0 saturated carbocycles. The molecule has 112 valence electrons. The molecule has 1 aliphatic heterocycles. The van der Waals surface area contributed by atoms with Gasteiger partial charge in [0.05, 0.1) is 10.6 Å². The first-order valence-corrected chi connectivity index (χ1v) is 7.94. The van der Waals surface area contributed by atoms with Gasteiger partial charge in [0.15, 0.2) is 0 Å². The normalized spacial score (nSPS) is 25.8. The van der Waals surface area contributed by atoms with Gasteiger partial charge >= 0.3 is 0 Å². The lowest BCUT2D eigenvalue weighted by molar-refractivity contribution is 0.105. The van der Waals surface area contributed by atoms with Crippen LogP contribution in [0.5, 0.6) is 0 Å². The fourth-order valence-electron chi connectivity index (χ4n) is 2.37. The van der Waals surface area contributed by atoms with Gasteiger partial charge < -0.3 is 5.73 Å². The van der Waals surface area contributed by atoms with Crippen molar-refractivity contribution in [3.8, 4) is 0 Å². The van der Waals surface area contributed by atoms with E-state index in [9.17, 15) is 12.8 Å². The van der Waals surface area contributed by atoms with Crippen molar-refractivity contribution in [2.75, 3.05) is 25.9 Å². The van der Waals surface area contributed by atoms with Crippen LogP contribution in [0.1, 0.15) is 13.8 Å². The Morgan fingerprint density at radius 3 is 2.30 bits per heavy atom. The zero-order valence-electron chi connectivity index (χ0n) is 11.9. The van der Waals surface area contributed by atoms with Gasteiger partial charge in [-0.15, -0.1) is 0 Å². The molecule has 20 heavy (non-hydrogen) atoms. The van der Waals surface area contributed by atoms with Gasteiger partial charge in [0.2, 0.25) is 10.0 Å². The molecule has 2 atom stereocenters. The molecule has 1 saturated heterocycles. The Bertz CT molecular complexity index is 594. The van der Waals surface area contributed by atoms with Crippen molar-refractivity contribution < 1.29 is 12.8 Å². The van der Waals surface area contributed by atoms with Crippen molar-refractivity contribution in [2.24, 2.45) is 0 Å². The minimum atomic E-state index is -3.68. The highest BCUT2D eigenvalue weighted by molar-refractivity contribution is 7.89. The fraction of sp³-hybridized carbons (Fsp3) is 0.538. The molecule has 1 aromatic rings. The van der Waals surface area contributed by atoms with Gasteiger partial charge in [-0.05, 0) is 39.1 Å². The minimum Gasteiger partial charge on any atom is -0.396 e. The quantitative estimate of drug-likeness (QED) is 0.831. The number of hydrogen-bond acceptors (Lipinski definition) is 4. The maximum absolute atomic E-state index is 13.5. The SMILES string of the molecule is CC1CN(S(=O)(=O)c2ccc(N)c(F)c2)CC(C)N1C. The van der Waals surface area contributed by atoms with E-state index in [1.807, 2.05) is 20.9 Å². The molecule has 1 heterocycles. The van der Waals surface area contributed by atoms with Crippen LogP contribution in [0.4, 0.5) is 10.1 Å². The van der Waals surface area contributed by atoms with Crippen LogP contribution in [0.2, 0.25) is 0 Å². The number of sulfonamides is 1. The lowest BCUT2D eigenvalue weighted by Crippen LogP contribution is -2.56. The molecule has 1 fully saturated rings. The molecular weight excluding hydrogens is 281 g/mol. The Kier molecular flexibility index (Phi) is 4.04. The second kappa shape index (κ2) is 5.31. The third kappa shape index (κ3) is 2.65. The van der Waals surface area contributed by atoms with E-state index < -0.39 is 15.8 Å². The van der Waals surface area contributed by atoms with Gasteiger partial charge in [-0.25, -0.2) is 12.8 Å². The number of piperazine rings is 1. The van der Waals surface area contributed by atoms with E-state index in [-0.39, 0.29) is 22.7 Å². The summed E-state index contributed by atoms with van der Waals surface area (Å²) >= 11 is 0. The first kappa shape index (κ1) is 15.2. The summed E-state index contributed by atoms with van der Waals surface area (Å²) < 4.78 is 40.0. The van der Waals surface area contributed by atoms with Gasteiger partial charge in [-0.2, -0.15) is 4.31 Å². The van der Waals surface area contributed by atoms with Crippen LogP contribution in [0, 0.1) is 5.82 Å². The number of rotatable bonds is 2. The average Bonchev–Trinajstić information content (AvgIpc) is 2.38. The molecule has 0 amide bonds. The molecule has 0 bridgehead atoms. The van der Waals surface area contributed by atoms with E-state index in [2.05, 4.69) is 4.90 Å². The van der Waals surface area contributed by atoms with Crippen molar-refractivity contribution >= 4 is 15.7 Å². The molecule has 5 nitrogen and oxygen atoms in total. The highest BCUT2D eigenvalue weighted by Gasteiger charge is 2.34. The zero-order chi connectivity index (χ0) is 15.1. The second-order valence-corrected chi connectivity index (χ2v) is 7.31. The Balaban J connectivity index is 2.33. The molecule has 0 radical (unpaired) electrons. The number of nitrogens with two attached hydrogens (primary N) is 1. The van der Waals surface area contributed by atoms with Gasteiger partial charge in [0, 0.05) is 25.2 Å². The van der Waals surface area contributed by atoms with Crippen molar-refractivity contribution in [3.63, 3.8) is 0 Å². The van der Waals surface area contributed by atoms with Crippen molar-refractivity contribution in [3.05, 3.63) is 24.0 Å². The first-order chi connectivity index (χ1) is 9.23. The summed E-state index contributed by atoms with van der Waals surface area (Å²) in [6, 6.07) is 3.85. The predicted octanol–water partition coefficient (Wildman–Crippen LogP) is 1.12. The molecular formula is C13H20FN3O2S. The standard InChI is InChI=1S/C13H20FN3O2S/c1-9-7-17(8-10(2)16(9)3)20(18,19)11-4-5-13(15)12(14)6-11/h4-6,9-10H,7-8,15H2,1-3H3. The molecule has 0 spiro atoms. The topological polar surface area (TPSA) is 66.6 Å². The Hall–Kier alpha value is -1.18. The number of benzene rings is 1. The number of nitrogens with zero attached hydrogens (tertiary/aromatic N) is 2. The van der Waals surface area contributed by atoms with Crippen LogP contribution in [0.3, 0.4) is 0 Å². The smallest absolute Gasteiger partial charge is 0.243 e. The summed E-state index contributed by atoms with van der Waals surface area (Å²) in [5.74, 6) is -0.707. The fourth-order valence-corrected chi connectivity index (χ4v) is 3.98. The number of likely N-dealkylation sites (N-methyl/N-ethyl adjacent to an activating group) is 1. The molecule has 1 aliphatic rings. The van der Waals surface area contributed by atoms with Gasteiger partial charge in [-0.1, -0.05) is 0 Å². The van der Waals surface area contributed by atoms with Crippen LogP contribution in [0.15, 0.2) is 23.1 Å². The van der Waals surface area contributed by atoms with E-state index >= 15 is 0 Å². The highest BCUT2D eigenvalue weighted by atomic mass is 32.2. The average molecular weight is 301 g/mol. The third-order valence-electron chi connectivity index (χ3n) is 3.94. The van der Waals surface area contributed by atoms with E-state index in [1.165, 1.54) is 16.4 Å². The van der Waals surface area contributed by atoms with Crippen LogP contribution in [-0.2, 0) is 10.0 Å². The zero-order valence-corrected chi connectivity index (χ0v) is 12.7. The van der Waals surface area contributed by atoms with E-state index in [4.69, 9.17) is 5.73 Å².